The molecule has 0 amide bonds. The highest BCUT2D eigenvalue weighted by Crippen LogP contribution is 2.27. The van der Waals surface area contributed by atoms with Crippen LogP contribution in [0.4, 0.5) is 4.39 Å². The van der Waals surface area contributed by atoms with Gasteiger partial charge >= 0.3 is 0 Å². The number of halogens is 3. The summed E-state index contributed by atoms with van der Waals surface area (Å²) < 4.78 is 13.3. The van der Waals surface area contributed by atoms with Crippen molar-refractivity contribution in [3.05, 3.63) is 33.9 Å². The van der Waals surface area contributed by atoms with E-state index in [2.05, 4.69) is 25.9 Å². The van der Waals surface area contributed by atoms with Gasteiger partial charge in [0.2, 0.25) is 0 Å². The molecule has 5 heteroatoms. The van der Waals surface area contributed by atoms with Crippen molar-refractivity contribution in [3.8, 4) is 0 Å². The first kappa shape index (κ1) is 8.84. The summed E-state index contributed by atoms with van der Waals surface area (Å²) in [6.45, 7) is 0. The summed E-state index contributed by atoms with van der Waals surface area (Å²) in [5.41, 5.74) is 0.486. The van der Waals surface area contributed by atoms with Crippen molar-refractivity contribution in [1.82, 2.24) is 9.97 Å². The van der Waals surface area contributed by atoms with E-state index in [-0.39, 0.29) is 5.82 Å². The molecular formula is C8H3BrClFN2. The van der Waals surface area contributed by atoms with Crippen LogP contribution in [0.15, 0.2) is 22.9 Å². The van der Waals surface area contributed by atoms with Gasteiger partial charge in [-0.15, -0.1) is 0 Å². The number of nitrogens with zero attached hydrogens (tertiary/aromatic N) is 2. The lowest BCUT2D eigenvalue weighted by molar-refractivity contribution is 0.623. The fraction of sp³-hybridized carbons (Fsp3) is 0. The molecule has 2 rings (SSSR count). The van der Waals surface area contributed by atoms with Gasteiger partial charge in [-0.2, -0.15) is 0 Å². The SMILES string of the molecule is Fc1ccc2c(Cl)ncnc2c1Br. The van der Waals surface area contributed by atoms with E-state index in [1.54, 1.807) is 6.07 Å². The fourth-order valence-electron chi connectivity index (χ4n) is 1.04. The molecule has 0 aliphatic heterocycles. The highest BCUT2D eigenvalue weighted by molar-refractivity contribution is 9.10. The van der Waals surface area contributed by atoms with Gasteiger partial charge in [0.1, 0.15) is 17.3 Å². The van der Waals surface area contributed by atoms with Crippen molar-refractivity contribution in [1.29, 1.82) is 0 Å². The Bertz CT molecular complexity index is 475. The van der Waals surface area contributed by atoms with Crippen molar-refractivity contribution in [2.75, 3.05) is 0 Å². The summed E-state index contributed by atoms with van der Waals surface area (Å²) in [4.78, 5) is 7.71. The lowest BCUT2D eigenvalue weighted by Crippen LogP contribution is -1.87. The topological polar surface area (TPSA) is 25.8 Å². The Labute approximate surface area is 86.9 Å². The molecule has 0 saturated heterocycles. The lowest BCUT2D eigenvalue weighted by atomic mass is 10.2. The second-order valence-corrected chi connectivity index (χ2v) is 3.57. The van der Waals surface area contributed by atoms with Crippen LogP contribution in [0.3, 0.4) is 0 Å². The van der Waals surface area contributed by atoms with E-state index in [0.717, 1.165) is 0 Å². The minimum absolute atomic E-state index is 0.314. The van der Waals surface area contributed by atoms with Gasteiger partial charge in [-0.3, -0.25) is 0 Å². The molecule has 0 fully saturated rings. The summed E-state index contributed by atoms with van der Waals surface area (Å²) >= 11 is 8.88. The van der Waals surface area contributed by atoms with Gasteiger partial charge in [0, 0.05) is 5.39 Å². The average Bonchev–Trinajstić information content (AvgIpc) is 2.12. The first-order chi connectivity index (χ1) is 6.20. The molecule has 0 N–H and O–H groups in total. The van der Waals surface area contributed by atoms with E-state index in [0.29, 0.717) is 20.5 Å². The molecule has 2 nitrogen and oxygen atoms in total. The summed E-state index contributed by atoms with van der Waals surface area (Å²) in [7, 11) is 0. The number of hydrogen-bond donors (Lipinski definition) is 0. The molecule has 1 aromatic carbocycles. The molecule has 13 heavy (non-hydrogen) atoms. The lowest BCUT2D eigenvalue weighted by Gasteiger charge is -2.00. The molecular weight excluding hydrogens is 258 g/mol. The minimum Gasteiger partial charge on any atom is -0.235 e. The van der Waals surface area contributed by atoms with Crippen molar-refractivity contribution in [2.24, 2.45) is 0 Å². The molecule has 0 saturated carbocycles. The number of fused-ring (bicyclic) bond motifs is 1. The van der Waals surface area contributed by atoms with Crippen LogP contribution in [-0.2, 0) is 0 Å². The molecule has 0 spiro atoms. The zero-order chi connectivity index (χ0) is 9.42. The Morgan fingerprint density at radius 2 is 2.08 bits per heavy atom. The number of rotatable bonds is 0. The Hall–Kier alpha value is -0.740. The molecule has 0 radical (unpaired) electrons. The first-order valence-corrected chi connectivity index (χ1v) is 4.61. The van der Waals surface area contributed by atoms with Crippen LogP contribution in [0.1, 0.15) is 0 Å². The number of hydrogen-bond acceptors (Lipinski definition) is 2. The zero-order valence-electron chi connectivity index (χ0n) is 6.26. The van der Waals surface area contributed by atoms with Crippen LogP contribution in [0.5, 0.6) is 0 Å². The first-order valence-electron chi connectivity index (χ1n) is 3.44. The molecule has 2 aromatic rings. The van der Waals surface area contributed by atoms with Crippen LogP contribution < -0.4 is 0 Å². The largest absolute Gasteiger partial charge is 0.235 e. The number of benzene rings is 1. The monoisotopic (exact) mass is 260 g/mol. The van der Waals surface area contributed by atoms with Crippen LogP contribution in [0, 0.1) is 5.82 Å². The normalized spacial score (nSPS) is 10.7. The van der Waals surface area contributed by atoms with Gasteiger partial charge in [0.25, 0.3) is 0 Å². The molecule has 0 aliphatic carbocycles. The maximum Gasteiger partial charge on any atom is 0.140 e. The molecule has 1 aromatic heterocycles. The van der Waals surface area contributed by atoms with Gasteiger partial charge in [-0.1, -0.05) is 11.6 Å². The van der Waals surface area contributed by atoms with Crippen LogP contribution in [0.25, 0.3) is 10.9 Å². The smallest absolute Gasteiger partial charge is 0.140 e. The molecule has 0 aliphatic rings. The van der Waals surface area contributed by atoms with Crippen molar-refractivity contribution in [3.63, 3.8) is 0 Å². The van der Waals surface area contributed by atoms with E-state index in [1.165, 1.54) is 12.4 Å². The molecule has 0 unspecified atom stereocenters. The van der Waals surface area contributed by atoms with E-state index >= 15 is 0 Å². The van der Waals surface area contributed by atoms with Gasteiger partial charge in [0.15, 0.2) is 0 Å². The van der Waals surface area contributed by atoms with Crippen LogP contribution in [-0.4, -0.2) is 9.97 Å². The van der Waals surface area contributed by atoms with Gasteiger partial charge in [-0.05, 0) is 28.1 Å². The van der Waals surface area contributed by atoms with Gasteiger partial charge in [0.05, 0.1) is 9.99 Å². The summed E-state index contributed by atoms with van der Waals surface area (Å²) in [6, 6.07) is 2.87. The zero-order valence-corrected chi connectivity index (χ0v) is 8.60. The molecule has 66 valence electrons. The van der Waals surface area contributed by atoms with Gasteiger partial charge in [-0.25, -0.2) is 14.4 Å². The Morgan fingerprint density at radius 3 is 2.85 bits per heavy atom. The predicted molar refractivity (Wildman–Crippen MR) is 52.2 cm³/mol. The maximum absolute atomic E-state index is 13.0. The summed E-state index contributed by atoms with van der Waals surface area (Å²) in [5, 5.41) is 0.961. The fourth-order valence-corrected chi connectivity index (χ4v) is 1.68. The Kier molecular flexibility index (Phi) is 2.17. The van der Waals surface area contributed by atoms with Crippen LogP contribution >= 0.6 is 27.5 Å². The average molecular weight is 261 g/mol. The molecule has 1 heterocycles. The van der Waals surface area contributed by atoms with Crippen molar-refractivity contribution < 1.29 is 4.39 Å². The van der Waals surface area contributed by atoms with E-state index in [4.69, 9.17) is 11.6 Å². The Morgan fingerprint density at radius 1 is 1.31 bits per heavy atom. The highest BCUT2D eigenvalue weighted by atomic mass is 79.9. The Balaban J connectivity index is 2.94. The second kappa shape index (κ2) is 3.20. The van der Waals surface area contributed by atoms with Crippen molar-refractivity contribution in [2.45, 2.75) is 0 Å². The summed E-state index contributed by atoms with van der Waals surface area (Å²) in [5.74, 6) is -0.359. The van der Waals surface area contributed by atoms with Crippen LogP contribution in [0.2, 0.25) is 5.15 Å². The summed E-state index contributed by atoms with van der Waals surface area (Å²) in [6.07, 6.45) is 1.30. The van der Waals surface area contributed by atoms with Gasteiger partial charge < -0.3 is 0 Å². The third kappa shape index (κ3) is 1.40. The quantitative estimate of drug-likeness (QED) is 0.681. The van der Waals surface area contributed by atoms with Crippen molar-refractivity contribution >= 4 is 38.4 Å². The minimum atomic E-state index is -0.359. The number of aromatic nitrogens is 2. The highest BCUT2D eigenvalue weighted by Gasteiger charge is 2.08. The second-order valence-electron chi connectivity index (χ2n) is 2.42. The standard InChI is InChI=1S/C8H3BrClFN2/c9-6-5(11)2-1-4-7(6)12-3-13-8(4)10/h1-3H. The van der Waals surface area contributed by atoms with E-state index < -0.39 is 0 Å². The maximum atomic E-state index is 13.0. The van der Waals surface area contributed by atoms with E-state index in [9.17, 15) is 4.39 Å². The van der Waals surface area contributed by atoms with E-state index in [1.807, 2.05) is 0 Å². The predicted octanol–water partition coefficient (Wildman–Crippen LogP) is 3.18. The third-order valence-electron chi connectivity index (χ3n) is 1.65. The third-order valence-corrected chi connectivity index (χ3v) is 2.70. The molecule has 0 bridgehead atoms. The molecule has 0 atom stereocenters.